The molecule has 1 N–H and O–H groups in total. The highest BCUT2D eigenvalue weighted by Crippen LogP contribution is 2.24. The Bertz CT molecular complexity index is 368. The molecule has 1 saturated carbocycles. The third-order valence-corrected chi connectivity index (χ3v) is 4.87. The quantitative estimate of drug-likeness (QED) is 0.770. The molecule has 0 unspecified atom stereocenters. The Balaban J connectivity index is 2.78. The summed E-state index contributed by atoms with van der Waals surface area (Å²) in [6.45, 7) is 0.344. The predicted octanol–water partition coefficient (Wildman–Crippen LogP) is 1.62. The minimum Gasteiger partial charge on any atom is -0.452 e. The van der Waals surface area contributed by atoms with Crippen LogP contribution in [0.4, 0.5) is 4.79 Å². The zero-order chi connectivity index (χ0) is 13.6. The van der Waals surface area contributed by atoms with Crippen LogP contribution in [0.1, 0.15) is 32.1 Å². The maximum atomic E-state index is 12.1. The topological polar surface area (TPSA) is 75.7 Å². The summed E-state index contributed by atoms with van der Waals surface area (Å²) in [4.78, 5) is 11.1. The molecule has 0 heterocycles. The smallest absolute Gasteiger partial charge is 0.421 e. The normalized spacial score (nSPS) is 17.7. The maximum Gasteiger partial charge on any atom is 0.421 e. The first-order valence-electron chi connectivity index (χ1n) is 5.94. The number of methoxy groups -OCH3 is 1. The van der Waals surface area contributed by atoms with Gasteiger partial charge in [-0.3, -0.25) is 0 Å². The molecule has 0 radical (unpaired) electrons. The van der Waals surface area contributed by atoms with Gasteiger partial charge in [0.2, 0.25) is 0 Å². The lowest BCUT2D eigenvalue weighted by atomic mass is 9.95. The van der Waals surface area contributed by atoms with Gasteiger partial charge < -0.3 is 4.74 Å². The van der Waals surface area contributed by atoms with Gasteiger partial charge in [0.1, 0.15) is 0 Å². The van der Waals surface area contributed by atoms with Crippen molar-refractivity contribution in [2.75, 3.05) is 19.0 Å². The minimum absolute atomic E-state index is 0.0292. The van der Waals surface area contributed by atoms with Crippen molar-refractivity contribution < 1.29 is 17.9 Å². The number of halogens is 1. The van der Waals surface area contributed by atoms with E-state index in [1.165, 1.54) is 4.31 Å². The lowest BCUT2D eigenvalue weighted by Gasteiger charge is -2.32. The van der Waals surface area contributed by atoms with Crippen molar-refractivity contribution in [3.8, 4) is 0 Å². The first-order chi connectivity index (χ1) is 8.51. The van der Waals surface area contributed by atoms with E-state index in [4.69, 9.17) is 0 Å². The zero-order valence-corrected chi connectivity index (χ0v) is 12.8. The van der Waals surface area contributed by atoms with Gasteiger partial charge in [-0.05, 0) is 12.8 Å². The van der Waals surface area contributed by atoms with Crippen molar-refractivity contribution in [1.82, 2.24) is 9.03 Å². The molecule has 1 aliphatic rings. The molecule has 0 spiro atoms. The van der Waals surface area contributed by atoms with Crippen molar-refractivity contribution in [2.24, 2.45) is 0 Å². The van der Waals surface area contributed by atoms with E-state index < -0.39 is 16.3 Å². The molecular weight excluding hydrogens is 324 g/mol. The monoisotopic (exact) mass is 342 g/mol. The fourth-order valence-electron chi connectivity index (χ4n) is 2.16. The number of nitrogens with zero attached hydrogens (tertiary/aromatic N) is 1. The number of carbonyl (C=O) groups is 1. The van der Waals surface area contributed by atoms with Gasteiger partial charge in [0.15, 0.2) is 0 Å². The lowest BCUT2D eigenvalue weighted by Crippen LogP contribution is -2.49. The largest absolute Gasteiger partial charge is 0.452 e. The molecule has 0 aromatic heterocycles. The van der Waals surface area contributed by atoms with Crippen LogP contribution in [0.5, 0.6) is 0 Å². The molecule has 0 atom stereocenters. The number of ether oxygens (including phenoxy) is 1. The molecule has 0 saturated heterocycles. The first kappa shape index (κ1) is 15.7. The Labute approximate surface area is 116 Å². The summed E-state index contributed by atoms with van der Waals surface area (Å²) < 4.78 is 31.8. The van der Waals surface area contributed by atoms with Crippen LogP contribution < -0.4 is 4.72 Å². The van der Waals surface area contributed by atoms with Gasteiger partial charge >= 0.3 is 16.3 Å². The highest BCUT2D eigenvalue weighted by Gasteiger charge is 2.31. The summed E-state index contributed by atoms with van der Waals surface area (Å²) >= 11 is 3.24. The number of carbonyl (C=O) groups excluding carboxylic acids is 1. The number of hydrogen-bond acceptors (Lipinski definition) is 4. The fraction of sp³-hybridized carbons (Fsp3) is 0.900. The second-order valence-corrected chi connectivity index (χ2v) is 6.61. The SMILES string of the molecule is COC(=O)NS(=O)(=O)N(CCBr)C1CCCCC1. The molecule has 1 aliphatic carbocycles. The molecule has 0 aromatic carbocycles. The second kappa shape index (κ2) is 7.30. The Kier molecular flexibility index (Phi) is 6.37. The van der Waals surface area contributed by atoms with Crippen molar-refractivity contribution in [3.63, 3.8) is 0 Å². The van der Waals surface area contributed by atoms with Crippen LogP contribution >= 0.6 is 15.9 Å². The van der Waals surface area contributed by atoms with Crippen molar-refractivity contribution in [1.29, 1.82) is 0 Å². The third-order valence-electron chi connectivity index (χ3n) is 2.99. The summed E-state index contributed by atoms with van der Waals surface area (Å²) in [5.41, 5.74) is 0. The van der Waals surface area contributed by atoms with E-state index in [1.54, 1.807) is 0 Å². The average molecular weight is 343 g/mol. The van der Waals surface area contributed by atoms with Gasteiger partial charge in [0, 0.05) is 17.9 Å². The van der Waals surface area contributed by atoms with Gasteiger partial charge in [-0.15, -0.1) is 0 Å². The van der Waals surface area contributed by atoms with E-state index in [0.29, 0.717) is 11.9 Å². The van der Waals surface area contributed by atoms with Gasteiger partial charge in [0.25, 0.3) is 0 Å². The molecule has 1 amide bonds. The fourth-order valence-corrected chi connectivity index (χ4v) is 4.12. The maximum absolute atomic E-state index is 12.1. The molecular formula is C10H19BrN2O4S. The predicted molar refractivity (Wildman–Crippen MR) is 71.8 cm³/mol. The molecule has 18 heavy (non-hydrogen) atoms. The van der Waals surface area contributed by atoms with E-state index in [-0.39, 0.29) is 6.04 Å². The molecule has 0 bridgehead atoms. The number of hydrogen-bond donors (Lipinski definition) is 1. The van der Waals surface area contributed by atoms with Crippen LogP contribution in [0.25, 0.3) is 0 Å². The Morgan fingerprint density at radius 1 is 1.39 bits per heavy atom. The molecule has 0 aliphatic heterocycles. The highest BCUT2D eigenvalue weighted by molar-refractivity contribution is 9.09. The lowest BCUT2D eigenvalue weighted by molar-refractivity contribution is 0.176. The van der Waals surface area contributed by atoms with E-state index in [2.05, 4.69) is 20.7 Å². The molecule has 106 valence electrons. The van der Waals surface area contributed by atoms with Crippen LogP contribution in [-0.4, -0.2) is 43.8 Å². The molecule has 6 nitrogen and oxygen atoms in total. The summed E-state index contributed by atoms with van der Waals surface area (Å²) in [5.74, 6) is 0. The minimum atomic E-state index is -3.82. The number of nitrogens with one attached hydrogen (secondary N) is 1. The van der Waals surface area contributed by atoms with Crippen molar-refractivity contribution in [3.05, 3.63) is 0 Å². The number of alkyl halides is 1. The molecule has 8 heteroatoms. The van der Waals surface area contributed by atoms with Crippen LogP contribution in [0.3, 0.4) is 0 Å². The first-order valence-corrected chi connectivity index (χ1v) is 8.51. The van der Waals surface area contributed by atoms with Crippen LogP contribution in [0, 0.1) is 0 Å². The summed E-state index contributed by atoms with van der Waals surface area (Å²) in [6, 6.07) is -0.0292. The Hall–Kier alpha value is -0.340. The van der Waals surface area contributed by atoms with E-state index in [1.807, 2.05) is 4.72 Å². The standard InChI is InChI=1S/C10H19BrN2O4S/c1-17-10(14)12-18(15,16)13(8-7-11)9-5-3-2-4-6-9/h9H,2-8H2,1H3,(H,12,14). The third kappa shape index (κ3) is 4.40. The summed E-state index contributed by atoms with van der Waals surface area (Å²) in [7, 11) is -2.68. The van der Waals surface area contributed by atoms with Crippen LogP contribution in [-0.2, 0) is 14.9 Å². The van der Waals surface area contributed by atoms with Crippen LogP contribution in [0.2, 0.25) is 0 Å². The Morgan fingerprint density at radius 2 is 2.00 bits per heavy atom. The Morgan fingerprint density at radius 3 is 2.50 bits per heavy atom. The van der Waals surface area contributed by atoms with Gasteiger partial charge in [0.05, 0.1) is 7.11 Å². The summed E-state index contributed by atoms with van der Waals surface area (Å²) in [6.07, 6.45) is 3.92. The number of amides is 1. The van der Waals surface area contributed by atoms with Gasteiger partial charge in [-0.25, -0.2) is 9.52 Å². The molecule has 0 aromatic rings. The van der Waals surface area contributed by atoms with E-state index in [9.17, 15) is 13.2 Å². The summed E-state index contributed by atoms with van der Waals surface area (Å²) in [5, 5.41) is 0.533. The van der Waals surface area contributed by atoms with Crippen molar-refractivity contribution >= 4 is 32.2 Å². The van der Waals surface area contributed by atoms with Crippen LogP contribution in [0.15, 0.2) is 0 Å². The highest BCUT2D eigenvalue weighted by atomic mass is 79.9. The molecule has 1 rings (SSSR count). The van der Waals surface area contributed by atoms with E-state index >= 15 is 0 Å². The second-order valence-electron chi connectivity index (χ2n) is 4.19. The zero-order valence-electron chi connectivity index (χ0n) is 10.4. The van der Waals surface area contributed by atoms with E-state index in [0.717, 1.165) is 39.2 Å². The van der Waals surface area contributed by atoms with Gasteiger partial charge in [-0.1, -0.05) is 35.2 Å². The average Bonchev–Trinajstić information content (AvgIpc) is 2.36. The van der Waals surface area contributed by atoms with Gasteiger partial charge in [-0.2, -0.15) is 12.7 Å². The molecule has 1 fully saturated rings. The van der Waals surface area contributed by atoms with Crippen molar-refractivity contribution in [2.45, 2.75) is 38.1 Å². The number of rotatable bonds is 5.